The van der Waals surface area contributed by atoms with Crippen LogP contribution in [0.25, 0.3) is 0 Å². The van der Waals surface area contributed by atoms with Crippen molar-refractivity contribution in [1.82, 2.24) is 0 Å². The van der Waals surface area contributed by atoms with Gasteiger partial charge in [-0.25, -0.2) is 0 Å². The molecule has 126 valence electrons. The average molecular weight is 325 g/mol. The van der Waals surface area contributed by atoms with Gasteiger partial charge in [0.25, 0.3) is 5.91 Å². The second-order valence-corrected chi connectivity index (χ2v) is 6.72. The smallest absolute Gasteiger partial charge is 0.262 e. The van der Waals surface area contributed by atoms with Crippen molar-refractivity contribution in [1.29, 1.82) is 0 Å². The van der Waals surface area contributed by atoms with Crippen molar-refractivity contribution in [2.24, 2.45) is 0 Å². The first-order valence-electron chi connectivity index (χ1n) is 7.90. The van der Waals surface area contributed by atoms with E-state index in [4.69, 9.17) is 4.74 Å². The van der Waals surface area contributed by atoms with E-state index in [1.807, 2.05) is 24.3 Å². The van der Waals surface area contributed by atoms with E-state index in [-0.39, 0.29) is 23.7 Å². The van der Waals surface area contributed by atoms with Gasteiger partial charge >= 0.3 is 0 Å². The first kappa shape index (κ1) is 17.7. The molecule has 0 saturated carbocycles. The van der Waals surface area contributed by atoms with E-state index in [2.05, 4.69) is 26.1 Å². The van der Waals surface area contributed by atoms with Crippen LogP contribution in [0, 0.1) is 0 Å². The van der Waals surface area contributed by atoms with Gasteiger partial charge in [0.2, 0.25) is 0 Å². The highest BCUT2D eigenvalue weighted by Crippen LogP contribution is 2.30. The van der Waals surface area contributed by atoms with Crippen LogP contribution in [0.4, 0.5) is 5.69 Å². The van der Waals surface area contributed by atoms with Crippen molar-refractivity contribution < 1.29 is 14.3 Å². The number of ketones is 1. The number of anilines is 1. The molecule has 0 aromatic heterocycles. The number of para-hydroxylation sites is 1. The summed E-state index contributed by atoms with van der Waals surface area (Å²) in [5.74, 6) is 0.469. The molecule has 0 fully saturated rings. The van der Waals surface area contributed by atoms with Gasteiger partial charge in [-0.15, -0.1) is 0 Å². The highest BCUT2D eigenvalue weighted by atomic mass is 16.5. The third kappa shape index (κ3) is 4.69. The Hall–Kier alpha value is -2.62. The Morgan fingerprint density at radius 2 is 1.62 bits per heavy atom. The number of hydrogen-bond donors (Lipinski definition) is 1. The number of carbonyl (C=O) groups is 2. The van der Waals surface area contributed by atoms with Crippen molar-refractivity contribution in [3.05, 3.63) is 59.7 Å². The molecule has 4 nitrogen and oxygen atoms in total. The zero-order valence-corrected chi connectivity index (χ0v) is 14.6. The summed E-state index contributed by atoms with van der Waals surface area (Å²) >= 11 is 0. The third-order valence-electron chi connectivity index (χ3n) is 3.63. The quantitative estimate of drug-likeness (QED) is 0.838. The molecule has 0 bridgehead atoms. The van der Waals surface area contributed by atoms with Gasteiger partial charge in [0.05, 0.1) is 0 Å². The van der Waals surface area contributed by atoms with Gasteiger partial charge < -0.3 is 10.1 Å². The monoisotopic (exact) mass is 325 g/mol. The van der Waals surface area contributed by atoms with Crippen molar-refractivity contribution in [2.45, 2.75) is 33.1 Å². The fourth-order valence-electron chi connectivity index (χ4n) is 2.34. The lowest BCUT2D eigenvalue weighted by Crippen LogP contribution is -2.22. The molecule has 0 saturated heterocycles. The summed E-state index contributed by atoms with van der Waals surface area (Å²) in [6, 6.07) is 14.5. The van der Waals surface area contributed by atoms with E-state index in [0.29, 0.717) is 17.0 Å². The van der Waals surface area contributed by atoms with E-state index in [1.54, 1.807) is 24.3 Å². The molecule has 1 amide bonds. The highest BCUT2D eigenvalue weighted by Gasteiger charge is 2.18. The Bertz CT molecular complexity index is 727. The third-order valence-corrected chi connectivity index (χ3v) is 3.63. The normalized spacial score (nSPS) is 11.0. The largest absolute Gasteiger partial charge is 0.483 e. The number of Topliss-reactive ketones (excluding diaryl/α,β-unsaturated/α-hetero) is 1. The molecule has 2 aromatic rings. The number of rotatable bonds is 5. The van der Waals surface area contributed by atoms with Crippen molar-refractivity contribution >= 4 is 17.4 Å². The predicted octanol–water partition coefficient (Wildman–Crippen LogP) is 4.20. The van der Waals surface area contributed by atoms with Gasteiger partial charge in [0.1, 0.15) is 5.75 Å². The molecule has 0 radical (unpaired) electrons. The number of ether oxygens (including phenoxy) is 1. The fourth-order valence-corrected chi connectivity index (χ4v) is 2.34. The van der Waals surface area contributed by atoms with Crippen molar-refractivity contribution in [2.75, 3.05) is 11.9 Å². The molecular weight excluding hydrogens is 302 g/mol. The van der Waals surface area contributed by atoms with Crippen molar-refractivity contribution in [3.63, 3.8) is 0 Å². The minimum Gasteiger partial charge on any atom is -0.483 e. The minimum absolute atomic E-state index is 0.00463. The minimum atomic E-state index is -0.241. The molecule has 0 heterocycles. The number of hydrogen-bond acceptors (Lipinski definition) is 3. The van der Waals surface area contributed by atoms with Crippen LogP contribution in [0.15, 0.2) is 48.5 Å². The fraction of sp³-hybridized carbons (Fsp3) is 0.300. The number of carbonyl (C=O) groups excluding carboxylic acids is 2. The van der Waals surface area contributed by atoms with Crippen LogP contribution in [-0.4, -0.2) is 18.3 Å². The molecule has 0 aliphatic heterocycles. The van der Waals surface area contributed by atoms with Gasteiger partial charge in [-0.3, -0.25) is 9.59 Å². The Morgan fingerprint density at radius 1 is 1.00 bits per heavy atom. The lowest BCUT2D eigenvalue weighted by atomic mass is 9.86. The first-order chi connectivity index (χ1) is 11.3. The van der Waals surface area contributed by atoms with Crippen LogP contribution in [0.5, 0.6) is 5.75 Å². The molecule has 0 atom stereocenters. The molecule has 4 heteroatoms. The molecule has 1 N–H and O–H groups in total. The number of benzene rings is 2. The zero-order chi connectivity index (χ0) is 17.7. The standard InChI is InChI=1S/C20H23NO3/c1-14(22)15-9-11-16(12-10-15)21-19(23)13-24-18-8-6-5-7-17(18)20(2,3)4/h5-12H,13H2,1-4H3,(H,21,23). The Morgan fingerprint density at radius 3 is 2.21 bits per heavy atom. The van der Waals surface area contributed by atoms with Crippen LogP contribution in [-0.2, 0) is 10.2 Å². The number of amides is 1. The lowest BCUT2D eigenvalue weighted by molar-refractivity contribution is -0.118. The van der Waals surface area contributed by atoms with E-state index in [9.17, 15) is 9.59 Å². The van der Waals surface area contributed by atoms with Gasteiger partial charge in [-0.05, 0) is 48.2 Å². The van der Waals surface area contributed by atoms with E-state index >= 15 is 0 Å². The molecule has 2 aromatic carbocycles. The molecule has 0 spiro atoms. The summed E-state index contributed by atoms with van der Waals surface area (Å²) in [4.78, 5) is 23.3. The van der Waals surface area contributed by atoms with Crippen LogP contribution in [0.2, 0.25) is 0 Å². The predicted molar refractivity (Wildman–Crippen MR) is 95.7 cm³/mol. The maximum Gasteiger partial charge on any atom is 0.262 e. The molecule has 0 aliphatic carbocycles. The van der Waals surface area contributed by atoms with E-state index in [1.165, 1.54) is 6.92 Å². The summed E-state index contributed by atoms with van der Waals surface area (Å²) in [6.07, 6.45) is 0. The van der Waals surface area contributed by atoms with Crippen LogP contribution >= 0.6 is 0 Å². The summed E-state index contributed by atoms with van der Waals surface area (Å²) in [5.41, 5.74) is 2.25. The van der Waals surface area contributed by atoms with Gasteiger partial charge in [0, 0.05) is 11.3 Å². The second kappa shape index (κ2) is 7.30. The molecule has 24 heavy (non-hydrogen) atoms. The van der Waals surface area contributed by atoms with Crippen molar-refractivity contribution in [3.8, 4) is 5.75 Å². The van der Waals surface area contributed by atoms with Crippen LogP contribution in [0.1, 0.15) is 43.6 Å². The maximum atomic E-state index is 12.1. The maximum absolute atomic E-state index is 12.1. The lowest BCUT2D eigenvalue weighted by Gasteiger charge is -2.22. The summed E-state index contributed by atoms with van der Waals surface area (Å²) < 4.78 is 5.69. The molecule has 0 unspecified atom stereocenters. The zero-order valence-electron chi connectivity index (χ0n) is 14.6. The van der Waals surface area contributed by atoms with Gasteiger partial charge in [0.15, 0.2) is 12.4 Å². The summed E-state index contributed by atoms with van der Waals surface area (Å²) in [7, 11) is 0. The average Bonchev–Trinajstić information content (AvgIpc) is 2.53. The Balaban J connectivity index is 1.98. The molecule has 2 rings (SSSR count). The Kier molecular flexibility index (Phi) is 5.39. The Labute approximate surface area is 142 Å². The van der Waals surface area contributed by atoms with Gasteiger partial charge in [-0.2, -0.15) is 0 Å². The second-order valence-electron chi connectivity index (χ2n) is 6.72. The molecule has 0 aliphatic rings. The first-order valence-corrected chi connectivity index (χ1v) is 7.90. The topological polar surface area (TPSA) is 55.4 Å². The van der Waals surface area contributed by atoms with E-state index < -0.39 is 0 Å². The SMILES string of the molecule is CC(=O)c1ccc(NC(=O)COc2ccccc2C(C)(C)C)cc1. The summed E-state index contributed by atoms with van der Waals surface area (Å²) in [6.45, 7) is 7.75. The summed E-state index contributed by atoms with van der Waals surface area (Å²) in [5, 5.41) is 2.76. The number of nitrogens with one attached hydrogen (secondary N) is 1. The van der Waals surface area contributed by atoms with E-state index in [0.717, 1.165) is 5.56 Å². The molecular formula is C20H23NO3. The van der Waals surface area contributed by atoms with Gasteiger partial charge in [-0.1, -0.05) is 39.0 Å². The highest BCUT2D eigenvalue weighted by molar-refractivity contribution is 5.95. The van der Waals surface area contributed by atoms with Crippen LogP contribution in [0.3, 0.4) is 0 Å². The van der Waals surface area contributed by atoms with Crippen LogP contribution < -0.4 is 10.1 Å².